The number of rotatable bonds is 3. The zero-order chi connectivity index (χ0) is 14.9. The van der Waals surface area contributed by atoms with Gasteiger partial charge in [0, 0.05) is 25.2 Å². The van der Waals surface area contributed by atoms with E-state index in [0.29, 0.717) is 13.1 Å². The molecule has 1 fully saturated rings. The van der Waals surface area contributed by atoms with Crippen molar-refractivity contribution in [3.05, 3.63) is 35.4 Å². The van der Waals surface area contributed by atoms with Crippen LogP contribution in [-0.4, -0.2) is 49.8 Å². The van der Waals surface area contributed by atoms with Crippen LogP contribution in [0.2, 0.25) is 0 Å². The van der Waals surface area contributed by atoms with Gasteiger partial charge in [-0.3, -0.25) is 4.90 Å². The lowest BCUT2D eigenvalue weighted by Crippen LogP contribution is -2.56. The molecule has 2 atom stereocenters. The van der Waals surface area contributed by atoms with Gasteiger partial charge in [0.15, 0.2) is 0 Å². The second-order valence-electron chi connectivity index (χ2n) is 5.86. The average Bonchev–Trinajstić information content (AvgIpc) is 2.38. The van der Waals surface area contributed by atoms with Crippen LogP contribution in [0.3, 0.4) is 0 Å². The van der Waals surface area contributed by atoms with Crippen LogP contribution in [-0.2, 0) is 15.8 Å². The Morgan fingerprint density at radius 2 is 1.70 bits per heavy atom. The first kappa shape index (κ1) is 15.5. The third-order valence-electron chi connectivity index (χ3n) is 4.32. The molecule has 0 radical (unpaired) electrons. The predicted molar refractivity (Wildman–Crippen MR) is 82.1 cm³/mol. The van der Waals surface area contributed by atoms with Gasteiger partial charge in [-0.25, -0.2) is 8.42 Å². The number of piperazine rings is 1. The van der Waals surface area contributed by atoms with Crippen LogP contribution < -0.4 is 0 Å². The predicted octanol–water partition coefficient (Wildman–Crippen LogP) is 1.85. The molecule has 20 heavy (non-hydrogen) atoms. The summed E-state index contributed by atoms with van der Waals surface area (Å²) in [5.41, 5.74) is 1.93. The van der Waals surface area contributed by atoms with E-state index in [1.165, 1.54) is 0 Å². The van der Waals surface area contributed by atoms with E-state index in [1.54, 1.807) is 4.31 Å². The third-order valence-corrected chi connectivity index (χ3v) is 6.08. The van der Waals surface area contributed by atoms with Gasteiger partial charge in [0.1, 0.15) is 0 Å². The van der Waals surface area contributed by atoms with Gasteiger partial charge in [-0.15, -0.1) is 0 Å². The van der Waals surface area contributed by atoms with Crippen LogP contribution in [0.4, 0.5) is 0 Å². The summed E-state index contributed by atoms with van der Waals surface area (Å²) in [7, 11) is -1.19. The molecule has 0 N–H and O–H groups in total. The lowest BCUT2D eigenvalue weighted by Gasteiger charge is -2.41. The Hall–Kier alpha value is -0.910. The van der Waals surface area contributed by atoms with Crippen molar-refractivity contribution in [2.75, 3.05) is 20.1 Å². The van der Waals surface area contributed by atoms with Gasteiger partial charge in [0.25, 0.3) is 0 Å². The molecule has 0 spiro atoms. The molecule has 4 nitrogen and oxygen atoms in total. The monoisotopic (exact) mass is 296 g/mol. The highest BCUT2D eigenvalue weighted by molar-refractivity contribution is 7.88. The molecule has 112 valence electrons. The SMILES string of the molecule is Cc1ccccc1CS(=O)(=O)N1CC(C)N(C)C(C)C1. The molecule has 0 amide bonds. The first-order valence-corrected chi connectivity index (χ1v) is 8.66. The van der Waals surface area contributed by atoms with Crippen molar-refractivity contribution >= 4 is 10.0 Å². The van der Waals surface area contributed by atoms with Gasteiger partial charge < -0.3 is 0 Å². The summed E-state index contributed by atoms with van der Waals surface area (Å²) in [6.07, 6.45) is 0. The fourth-order valence-electron chi connectivity index (χ4n) is 2.64. The van der Waals surface area contributed by atoms with Crippen molar-refractivity contribution in [1.29, 1.82) is 0 Å². The Morgan fingerprint density at radius 3 is 2.25 bits per heavy atom. The zero-order valence-corrected chi connectivity index (χ0v) is 13.5. The highest BCUT2D eigenvalue weighted by atomic mass is 32.2. The molecule has 1 saturated heterocycles. The quantitative estimate of drug-likeness (QED) is 0.855. The summed E-state index contributed by atoms with van der Waals surface area (Å²) in [5.74, 6) is 0.100. The molecule has 1 heterocycles. The van der Waals surface area contributed by atoms with E-state index < -0.39 is 10.0 Å². The number of nitrogens with zero attached hydrogens (tertiary/aromatic N) is 2. The van der Waals surface area contributed by atoms with E-state index in [0.717, 1.165) is 11.1 Å². The standard InChI is InChI=1S/C15H24N2O2S/c1-12-7-5-6-8-15(12)11-20(18,19)17-9-13(2)16(4)14(3)10-17/h5-8,13-14H,9-11H2,1-4H3. The maximum absolute atomic E-state index is 12.6. The Labute approximate surface area is 122 Å². The van der Waals surface area contributed by atoms with E-state index >= 15 is 0 Å². The largest absolute Gasteiger partial charge is 0.298 e. The minimum absolute atomic E-state index is 0.100. The Bertz CT molecular complexity index is 559. The number of benzene rings is 1. The van der Waals surface area contributed by atoms with Crippen molar-refractivity contribution in [3.8, 4) is 0 Å². The third kappa shape index (κ3) is 3.22. The topological polar surface area (TPSA) is 40.6 Å². The second-order valence-corrected chi connectivity index (χ2v) is 7.83. The summed E-state index contributed by atoms with van der Waals surface area (Å²) in [6.45, 7) is 7.27. The zero-order valence-electron chi connectivity index (χ0n) is 12.7. The van der Waals surface area contributed by atoms with Gasteiger partial charge in [-0.1, -0.05) is 24.3 Å². The number of hydrogen-bond donors (Lipinski definition) is 0. The second kappa shape index (κ2) is 5.84. The summed E-state index contributed by atoms with van der Waals surface area (Å²) >= 11 is 0. The molecule has 0 bridgehead atoms. The minimum atomic E-state index is -3.24. The number of sulfonamides is 1. The maximum atomic E-state index is 12.6. The fourth-order valence-corrected chi connectivity index (χ4v) is 4.43. The van der Waals surface area contributed by atoms with E-state index in [1.807, 2.05) is 31.2 Å². The molecular formula is C15H24N2O2S. The van der Waals surface area contributed by atoms with Crippen LogP contribution in [0.1, 0.15) is 25.0 Å². The van der Waals surface area contributed by atoms with Gasteiger partial charge in [0.2, 0.25) is 10.0 Å². The van der Waals surface area contributed by atoms with Gasteiger partial charge >= 0.3 is 0 Å². The van der Waals surface area contributed by atoms with Crippen LogP contribution >= 0.6 is 0 Å². The molecule has 0 saturated carbocycles. The average molecular weight is 296 g/mol. The molecular weight excluding hydrogens is 272 g/mol. The normalized spacial score (nSPS) is 25.8. The number of aryl methyl sites for hydroxylation is 1. The minimum Gasteiger partial charge on any atom is -0.298 e. The molecule has 1 aromatic rings. The van der Waals surface area contributed by atoms with Crippen LogP contribution in [0.15, 0.2) is 24.3 Å². The van der Waals surface area contributed by atoms with E-state index in [-0.39, 0.29) is 17.8 Å². The number of hydrogen-bond acceptors (Lipinski definition) is 3. The van der Waals surface area contributed by atoms with Crippen molar-refractivity contribution < 1.29 is 8.42 Å². The van der Waals surface area contributed by atoms with Crippen LogP contribution in [0.25, 0.3) is 0 Å². The highest BCUT2D eigenvalue weighted by Crippen LogP contribution is 2.20. The molecule has 0 aliphatic carbocycles. The molecule has 0 aromatic heterocycles. The fraction of sp³-hybridized carbons (Fsp3) is 0.600. The summed E-state index contributed by atoms with van der Waals surface area (Å²) in [6, 6.07) is 8.20. The molecule has 5 heteroatoms. The summed E-state index contributed by atoms with van der Waals surface area (Å²) in [5, 5.41) is 0. The van der Waals surface area contributed by atoms with Gasteiger partial charge in [-0.05, 0) is 38.9 Å². The summed E-state index contributed by atoms with van der Waals surface area (Å²) in [4.78, 5) is 2.24. The smallest absolute Gasteiger partial charge is 0.218 e. The van der Waals surface area contributed by atoms with Crippen molar-refractivity contribution in [2.24, 2.45) is 0 Å². The Kier molecular flexibility index (Phi) is 4.52. The van der Waals surface area contributed by atoms with Gasteiger partial charge in [-0.2, -0.15) is 4.31 Å². The first-order valence-electron chi connectivity index (χ1n) is 7.05. The lowest BCUT2D eigenvalue weighted by molar-refractivity contribution is 0.105. The summed E-state index contributed by atoms with van der Waals surface area (Å²) < 4.78 is 26.9. The van der Waals surface area contributed by atoms with Crippen molar-refractivity contribution in [2.45, 2.75) is 38.6 Å². The van der Waals surface area contributed by atoms with E-state index in [9.17, 15) is 8.42 Å². The molecule has 1 aromatic carbocycles. The maximum Gasteiger partial charge on any atom is 0.218 e. The lowest BCUT2D eigenvalue weighted by atomic mass is 10.1. The van der Waals surface area contributed by atoms with Crippen LogP contribution in [0.5, 0.6) is 0 Å². The molecule has 1 aliphatic heterocycles. The highest BCUT2D eigenvalue weighted by Gasteiger charge is 2.33. The van der Waals surface area contributed by atoms with E-state index in [2.05, 4.69) is 25.8 Å². The van der Waals surface area contributed by atoms with Crippen molar-refractivity contribution in [1.82, 2.24) is 9.21 Å². The Morgan fingerprint density at radius 1 is 1.15 bits per heavy atom. The van der Waals surface area contributed by atoms with Gasteiger partial charge in [0.05, 0.1) is 5.75 Å². The Balaban J connectivity index is 2.17. The molecule has 2 rings (SSSR count). The molecule has 1 aliphatic rings. The molecule has 2 unspecified atom stereocenters. The van der Waals surface area contributed by atoms with Crippen molar-refractivity contribution in [3.63, 3.8) is 0 Å². The first-order chi connectivity index (χ1) is 9.31. The number of likely N-dealkylation sites (N-methyl/N-ethyl adjacent to an activating group) is 1. The van der Waals surface area contributed by atoms with Crippen LogP contribution in [0, 0.1) is 6.92 Å². The van der Waals surface area contributed by atoms with E-state index in [4.69, 9.17) is 0 Å².